The van der Waals surface area contributed by atoms with Crippen LogP contribution in [0.1, 0.15) is 37.0 Å². The highest BCUT2D eigenvalue weighted by atomic mass is 32.2. The van der Waals surface area contributed by atoms with Gasteiger partial charge in [0.05, 0.1) is 10.5 Å². The highest BCUT2D eigenvalue weighted by molar-refractivity contribution is 7.89. The number of sulfonamides is 1. The average molecular weight is 300 g/mol. The summed E-state index contributed by atoms with van der Waals surface area (Å²) in [5.74, 6) is -1.30. The fraction of sp³-hybridized carbons (Fsp3) is 0.462. The van der Waals surface area contributed by atoms with Crippen LogP contribution in [-0.2, 0) is 10.0 Å². The van der Waals surface area contributed by atoms with Crippen LogP contribution in [0.2, 0.25) is 0 Å². The van der Waals surface area contributed by atoms with Crippen LogP contribution in [-0.4, -0.2) is 31.3 Å². The molecular weight excluding hydrogens is 283 g/mol. The van der Waals surface area contributed by atoms with Crippen molar-refractivity contribution >= 4 is 15.9 Å². The molecule has 1 fully saturated rings. The van der Waals surface area contributed by atoms with E-state index in [0.717, 1.165) is 25.0 Å². The van der Waals surface area contributed by atoms with Crippen LogP contribution in [0.5, 0.6) is 0 Å². The fourth-order valence-corrected chi connectivity index (χ4v) is 3.00. The highest BCUT2D eigenvalue weighted by Crippen LogP contribution is 2.30. The van der Waals surface area contributed by atoms with E-state index in [1.165, 1.54) is 6.07 Å². The molecule has 7 heteroatoms. The van der Waals surface area contributed by atoms with Gasteiger partial charge in [-0.15, -0.1) is 0 Å². The van der Waals surface area contributed by atoms with Gasteiger partial charge in [0.25, 0.3) is 5.91 Å². The van der Waals surface area contributed by atoms with Crippen molar-refractivity contribution in [1.29, 1.82) is 0 Å². The second-order valence-electron chi connectivity index (χ2n) is 5.56. The Bertz CT molecular complexity index is 656. The minimum absolute atomic E-state index is 0.132. The van der Waals surface area contributed by atoms with Crippen molar-refractivity contribution in [3.63, 3.8) is 0 Å². The standard InChI is InChI=1S/C13H17FN2O3S/c1-13(2)6-3-7-16(13)12(17)10-5-4-9(8-11(10)14)20(15,18)19/h4-5,8H,3,6-7H2,1-2H3,(H2,15,18,19). The Morgan fingerprint density at radius 3 is 2.50 bits per heavy atom. The summed E-state index contributed by atoms with van der Waals surface area (Å²) < 4.78 is 36.3. The second-order valence-corrected chi connectivity index (χ2v) is 7.12. The van der Waals surface area contributed by atoms with Gasteiger partial charge in [0.1, 0.15) is 5.82 Å². The zero-order valence-corrected chi connectivity index (χ0v) is 12.2. The van der Waals surface area contributed by atoms with Gasteiger partial charge in [-0.2, -0.15) is 0 Å². The van der Waals surface area contributed by atoms with Crippen LogP contribution in [0.4, 0.5) is 4.39 Å². The van der Waals surface area contributed by atoms with E-state index in [9.17, 15) is 17.6 Å². The second kappa shape index (κ2) is 4.82. The van der Waals surface area contributed by atoms with Crippen molar-refractivity contribution in [2.75, 3.05) is 6.54 Å². The molecule has 0 saturated carbocycles. The van der Waals surface area contributed by atoms with Gasteiger partial charge in [-0.25, -0.2) is 17.9 Å². The third-order valence-corrected chi connectivity index (χ3v) is 4.56. The van der Waals surface area contributed by atoms with Crippen molar-refractivity contribution in [3.05, 3.63) is 29.6 Å². The number of benzene rings is 1. The molecule has 1 aromatic carbocycles. The molecule has 2 N–H and O–H groups in total. The van der Waals surface area contributed by atoms with E-state index in [1.54, 1.807) is 4.90 Å². The largest absolute Gasteiger partial charge is 0.333 e. The van der Waals surface area contributed by atoms with Gasteiger partial charge in [-0.3, -0.25) is 4.79 Å². The summed E-state index contributed by atoms with van der Waals surface area (Å²) in [6.45, 7) is 4.42. The number of amides is 1. The van der Waals surface area contributed by atoms with Gasteiger partial charge in [0.15, 0.2) is 0 Å². The summed E-state index contributed by atoms with van der Waals surface area (Å²) in [6.07, 6.45) is 1.73. The van der Waals surface area contributed by atoms with Crippen molar-refractivity contribution in [2.24, 2.45) is 5.14 Å². The Kier molecular flexibility index (Phi) is 3.60. The molecule has 20 heavy (non-hydrogen) atoms. The smallest absolute Gasteiger partial charge is 0.257 e. The Morgan fingerprint density at radius 1 is 1.40 bits per heavy atom. The van der Waals surface area contributed by atoms with E-state index in [4.69, 9.17) is 5.14 Å². The summed E-state index contributed by atoms with van der Waals surface area (Å²) in [4.78, 5) is 13.6. The van der Waals surface area contributed by atoms with E-state index in [0.29, 0.717) is 6.54 Å². The molecule has 0 radical (unpaired) electrons. The topological polar surface area (TPSA) is 80.5 Å². The lowest BCUT2D eigenvalue weighted by Crippen LogP contribution is -2.43. The zero-order valence-electron chi connectivity index (χ0n) is 11.4. The minimum Gasteiger partial charge on any atom is -0.333 e. The van der Waals surface area contributed by atoms with Gasteiger partial charge >= 0.3 is 0 Å². The lowest BCUT2D eigenvalue weighted by molar-refractivity contribution is 0.0647. The highest BCUT2D eigenvalue weighted by Gasteiger charge is 2.36. The van der Waals surface area contributed by atoms with Crippen molar-refractivity contribution < 1.29 is 17.6 Å². The number of rotatable bonds is 2. The predicted octanol–water partition coefficient (Wildman–Crippen LogP) is 1.49. The maximum atomic E-state index is 14.0. The number of nitrogens with two attached hydrogens (primary N) is 1. The van der Waals surface area contributed by atoms with Gasteiger partial charge in [-0.05, 0) is 44.9 Å². The first-order valence-corrected chi connectivity index (χ1v) is 7.82. The summed E-state index contributed by atoms with van der Waals surface area (Å²) in [7, 11) is -3.97. The lowest BCUT2D eigenvalue weighted by atomic mass is 10.0. The van der Waals surface area contributed by atoms with Crippen LogP contribution in [0.3, 0.4) is 0 Å². The Hall–Kier alpha value is -1.47. The van der Waals surface area contributed by atoms with Crippen LogP contribution >= 0.6 is 0 Å². The van der Waals surface area contributed by atoms with Crippen LogP contribution < -0.4 is 5.14 Å². The van der Waals surface area contributed by atoms with E-state index in [2.05, 4.69) is 0 Å². The van der Waals surface area contributed by atoms with Crippen LogP contribution in [0.15, 0.2) is 23.1 Å². The molecule has 1 aliphatic heterocycles. The number of carbonyl (C=O) groups excluding carboxylic acids is 1. The van der Waals surface area contributed by atoms with Crippen molar-refractivity contribution in [2.45, 2.75) is 37.1 Å². The normalized spacial score (nSPS) is 18.3. The van der Waals surface area contributed by atoms with E-state index < -0.39 is 21.7 Å². The summed E-state index contributed by atoms with van der Waals surface area (Å²) >= 11 is 0. The Morgan fingerprint density at radius 2 is 2.05 bits per heavy atom. The predicted molar refractivity (Wildman–Crippen MR) is 72.1 cm³/mol. The van der Waals surface area contributed by atoms with Crippen molar-refractivity contribution in [3.8, 4) is 0 Å². The van der Waals surface area contributed by atoms with E-state index >= 15 is 0 Å². The molecule has 0 atom stereocenters. The first-order chi connectivity index (χ1) is 9.13. The minimum atomic E-state index is -3.97. The number of hydrogen-bond donors (Lipinski definition) is 1. The lowest BCUT2D eigenvalue weighted by Gasteiger charge is -2.31. The van der Waals surface area contributed by atoms with Crippen molar-refractivity contribution in [1.82, 2.24) is 4.90 Å². The fourth-order valence-electron chi connectivity index (χ4n) is 2.48. The molecule has 1 saturated heterocycles. The summed E-state index contributed by atoms with van der Waals surface area (Å²) in [5, 5.41) is 4.93. The number of likely N-dealkylation sites (tertiary alicyclic amines) is 1. The van der Waals surface area contributed by atoms with Gasteiger partial charge in [0, 0.05) is 12.1 Å². The first-order valence-electron chi connectivity index (χ1n) is 6.27. The first kappa shape index (κ1) is 14.9. The van der Waals surface area contributed by atoms with Gasteiger partial charge in [0.2, 0.25) is 10.0 Å². The van der Waals surface area contributed by atoms with Crippen LogP contribution in [0, 0.1) is 5.82 Å². The van der Waals surface area contributed by atoms with Gasteiger partial charge in [-0.1, -0.05) is 0 Å². The average Bonchev–Trinajstić information content (AvgIpc) is 2.66. The number of carbonyl (C=O) groups is 1. The quantitative estimate of drug-likeness (QED) is 0.898. The third-order valence-electron chi connectivity index (χ3n) is 3.65. The molecule has 0 spiro atoms. The van der Waals surface area contributed by atoms with Gasteiger partial charge < -0.3 is 4.90 Å². The summed E-state index contributed by atoms with van der Waals surface area (Å²) in [6, 6.07) is 3.10. The molecule has 0 bridgehead atoms. The maximum absolute atomic E-state index is 14.0. The van der Waals surface area contributed by atoms with E-state index in [-0.39, 0.29) is 16.0 Å². The molecule has 1 aromatic rings. The monoisotopic (exact) mass is 300 g/mol. The third kappa shape index (κ3) is 2.69. The molecule has 2 rings (SSSR count). The maximum Gasteiger partial charge on any atom is 0.257 e. The Balaban J connectivity index is 2.37. The summed E-state index contributed by atoms with van der Waals surface area (Å²) in [5.41, 5.74) is -0.449. The molecule has 0 aliphatic carbocycles. The molecule has 5 nitrogen and oxygen atoms in total. The number of primary sulfonamides is 1. The molecule has 0 unspecified atom stereocenters. The number of halogens is 1. The molecular formula is C13H17FN2O3S. The van der Waals surface area contributed by atoms with E-state index in [1.807, 2.05) is 13.8 Å². The molecule has 1 heterocycles. The zero-order chi connectivity index (χ0) is 15.1. The number of hydrogen-bond acceptors (Lipinski definition) is 3. The number of nitrogens with zero attached hydrogens (tertiary/aromatic N) is 1. The van der Waals surface area contributed by atoms with Crippen LogP contribution in [0.25, 0.3) is 0 Å². The SMILES string of the molecule is CC1(C)CCCN1C(=O)c1ccc(S(N)(=O)=O)cc1F. The molecule has 1 amide bonds. The Labute approximate surface area is 117 Å². The molecule has 110 valence electrons. The molecule has 0 aromatic heterocycles. The molecule has 1 aliphatic rings.